The lowest BCUT2D eigenvalue weighted by molar-refractivity contribution is 0.0793. The number of aromatic nitrogens is 2. The zero-order valence-electron chi connectivity index (χ0n) is 20.0. The van der Waals surface area contributed by atoms with Gasteiger partial charge in [-0.05, 0) is 49.6 Å². The Balaban J connectivity index is 1.21. The third-order valence-electron chi connectivity index (χ3n) is 7.02. The molecule has 1 N–H and O–H groups in total. The Morgan fingerprint density at radius 2 is 1.68 bits per heavy atom. The quantitative estimate of drug-likeness (QED) is 0.647. The van der Waals surface area contributed by atoms with Crippen molar-refractivity contribution in [1.82, 2.24) is 24.3 Å². The fourth-order valence-electron chi connectivity index (χ4n) is 4.84. The molecule has 0 spiro atoms. The van der Waals surface area contributed by atoms with Gasteiger partial charge in [-0.15, -0.1) is 0 Å². The van der Waals surface area contributed by atoms with E-state index in [9.17, 15) is 9.59 Å². The van der Waals surface area contributed by atoms with Crippen LogP contribution in [-0.4, -0.2) is 75.5 Å². The minimum absolute atomic E-state index is 0.0492. The fraction of sp³-hybridized carbons (Fsp3) is 0.423. The first-order valence-electron chi connectivity index (χ1n) is 12.1. The van der Waals surface area contributed by atoms with Crippen LogP contribution in [0.3, 0.4) is 0 Å². The van der Waals surface area contributed by atoms with Crippen LogP contribution in [0.15, 0.2) is 42.5 Å². The number of amides is 3. The standard InChI is InChI=1S/C26H32N6O2/c1-19-7-3-4-8-21(19)28-26(34)32-15-13-30(14-16-32)18-24-27-22-17-20(9-10-23(22)29(24)2)25(33)31-11-5-6-12-31/h3-4,7-10,17H,5-6,11-16,18H2,1-2H3,(H,28,34). The number of aryl methyl sites for hydroxylation is 2. The number of carbonyl (C=O) groups is 2. The van der Waals surface area contributed by atoms with E-state index in [1.165, 1.54) is 0 Å². The van der Waals surface area contributed by atoms with Gasteiger partial charge in [-0.25, -0.2) is 9.78 Å². The SMILES string of the molecule is Cc1ccccc1NC(=O)N1CCN(Cc2nc3cc(C(=O)N4CCCC4)ccc3n2C)CC1. The van der Waals surface area contributed by atoms with E-state index >= 15 is 0 Å². The van der Waals surface area contributed by atoms with Crippen molar-refractivity contribution in [3.05, 3.63) is 59.4 Å². The number of nitrogens with zero attached hydrogens (tertiary/aromatic N) is 5. The van der Waals surface area contributed by atoms with Crippen LogP contribution in [0.5, 0.6) is 0 Å². The number of nitrogens with one attached hydrogen (secondary N) is 1. The van der Waals surface area contributed by atoms with E-state index in [2.05, 4.69) is 14.8 Å². The lowest BCUT2D eigenvalue weighted by atomic mass is 10.2. The van der Waals surface area contributed by atoms with E-state index in [1.54, 1.807) is 0 Å². The maximum atomic E-state index is 12.8. The first-order valence-corrected chi connectivity index (χ1v) is 12.1. The highest BCUT2D eigenvalue weighted by atomic mass is 16.2. The third kappa shape index (κ3) is 4.50. The number of piperazine rings is 1. The Labute approximate surface area is 200 Å². The number of benzene rings is 2. The van der Waals surface area contributed by atoms with Crippen LogP contribution in [0.1, 0.15) is 34.6 Å². The molecule has 34 heavy (non-hydrogen) atoms. The van der Waals surface area contributed by atoms with Crippen LogP contribution in [-0.2, 0) is 13.6 Å². The summed E-state index contributed by atoms with van der Waals surface area (Å²) in [7, 11) is 2.03. The van der Waals surface area contributed by atoms with Gasteiger partial charge in [0, 0.05) is 57.6 Å². The van der Waals surface area contributed by atoms with Crippen LogP contribution < -0.4 is 5.32 Å². The van der Waals surface area contributed by atoms with Gasteiger partial charge in [-0.2, -0.15) is 0 Å². The smallest absolute Gasteiger partial charge is 0.321 e. The normalized spacial score (nSPS) is 16.9. The molecule has 0 saturated carbocycles. The van der Waals surface area contributed by atoms with Crippen LogP contribution >= 0.6 is 0 Å². The summed E-state index contributed by atoms with van der Waals surface area (Å²) in [6.07, 6.45) is 2.17. The number of para-hydroxylation sites is 1. The number of carbonyl (C=O) groups excluding carboxylic acids is 2. The van der Waals surface area contributed by atoms with Crippen molar-refractivity contribution >= 4 is 28.7 Å². The average Bonchev–Trinajstić information content (AvgIpc) is 3.49. The molecule has 2 aliphatic heterocycles. The molecule has 178 valence electrons. The molecule has 3 heterocycles. The van der Waals surface area contributed by atoms with Crippen molar-refractivity contribution in [2.45, 2.75) is 26.3 Å². The second-order valence-electron chi connectivity index (χ2n) is 9.30. The Morgan fingerprint density at radius 3 is 2.41 bits per heavy atom. The van der Waals surface area contributed by atoms with Crippen molar-refractivity contribution in [2.75, 3.05) is 44.6 Å². The zero-order chi connectivity index (χ0) is 23.7. The first-order chi connectivity index (χ1) is 16.5. The molecule has 5 rings (SSSR count). The molecule has 0 bridgehead atoms. The van der Waals surface area contributed by atoms with E-state index in [0.717, 1.165) is 67.1 Å². The molecule has 0 radical (unpaired) electrons. The monoisotopic (exact) mass is 460 g/mol. The van der Waals surface area contributed by atoms with Crippen LogP contribution in [0, 0.1) is 6.92 Å². The third-order valence-corrected chi connectivity index (χ3v) is 7.02. The number of anilines is 1. The summed E-state index contributed by atoms with van der Waals surface area (Å²) in [6.45, 7) is 7.35. The molecule has 3 amide bonds. The Hall–Kier alpha value is -3.39. The minimum Gasteiger partial charge on any atom is -0.339 e. The van der Waals surface area contributed by atoms with Gasteiger partial charge >= 0.3 is 6.03 Å². The van der Waals surface area contributed by atoms with E-state index in [1.807, 2.05) is 66.2 Å². The van der Waals surface area contributed by atoms with E-state index in [-0.39, 0.29) is 11.9 Å². The summed E-state index contributed by atoms with van der Waals surface area (Å²) < 4.78 is 2.11. The molecule has 1 aromatic heterocycles. The summed E-state index contributed by atoms with van der Waals surface area (Å²) in [5, 5.41) is 3.03. The highest BCUT2D eigenvalue weighted by Crippen LogP contribution is 2.21. The molecule has 8 heteroatoms. The summed E-state index contributed by atoms with van der Waals surface area (Å²) >= 11 is 0. The molecule has 2 aromatic carbocycles. The molecular formula is C26H32N6O2. The van der Waals surface area contributed by atoms with Crippen molar-refractivity contribution in [2.24, 2.45) is 7.05 Å². The van der Waals surface area contributed by atoms with Gasteiger partial charge in [-0.1, -0.05) is 18.2 Å². The van der Waals surface area contributed by atoms with Crippen LogP contribution in [0.2, 0.25) is 0 Å². The summed E-state index contributed by atoms with van der Waals surface area (Å²) in [5.41, 5.74) is 4.52. The van der Waals surface area contributed by atoms with Gasteiger partial charge in [0.1, 0.15) is 5.82 Å². The summed E-state index contributed by atoms with van der Waals surface area (Å²) in [4.78, 5) is 36.4. The van der Waals surface area contributed by atoms with Crippen LogP contribution in [0.4, 0.5) is 10.5 Å². The molecule has 8 nitrogen and oxygen atoms in total. The first kappa shape index (κ1) is 22.4. The highest BCUT2D eigenvalue weighted by Gasteiger charge is 2.24. The van der Waals surface area contributed by atoms with Gasteiger partial charge < -0.3 is 19.7 Å². The average molecular weight is 461 g/mol. The molecular weight excluding hydrogens is 428 g/mol. The Morgan fingerprint density at radius 1 is 0.941 bits per heavy atom. The van der Waals surface area contributed by atoms with E-state index < -0.39 is 0 Å². The van der Waals surface area contributed by atoms with Gasteiger partial charge in [0.05, 0.1) is 17.6 Å². The summed E-state index contributed by atoms with van der Waals surface area (Å²) in [6, 6.07) is 13.6. The maximum Gasteiger partial charge on any atom is 0.321 e. The molecule has 2 fully saturated rings. The number of rotatable bonds is 4. The lowest BCUT2D eigenvalue weighted by Crippen LogP contribution is -2.49. The molecule has 2 saturated heterocycles. The van der Waals surface area contributed by atoms with E-state index in [0.29, 0.717) is 25.2 Å². The number of urea groups is 1. The van der Waals surface area contributed by atoms with Crippen molar-refractivity contribution < 1.29 is 9.59 Å². The number of fused-ring (bicyclic) bond motifs is 1. The van der Waals surface area contributed by atoms with Gasteiger partial charge in [0.25, 0.3) is 5.91 Å². The maximum absolute atomic E-state index is 12.8. The van der Waals surface area contributed by atoms with Crippen molar-refractivity contribution in [3.63, 3.8) is 0 Å². The number of hydrogen-bond donors (Lipinski definition) is 1. The predicted octanol–water partition coefficient (Wildman–Crippen LogP) is 3.47. The van der Waals surface area contributed by atoms with Crippen molar-refractivity contribution in [1.29, 1.82) is 0 Å². The molecule has 0 atom stereocenters. The minimum atomic E-state index is -0.0492. The van der Waals surface area contributed by atoms with Crippen molar-refractivity contribution in [3.8, 4) is 0 Å². The molecule has 0 aliphatic carbocycles. The largest absolute Gasteiger partial charge is 0.339 e. The number of likely N-dealkylation sites (tertiary alicyclic amines) is 1. The Bertz CT molecular complexity index is 1210. The van der Waals surface area contributed by atoms with Gasteiger partial charge in [0.15, 0.2) is 0 Å². The highest BCUT2D eigenvalue weighted by molar-refractivity contribution is 5.97. The number of hydrogen-bond acceptors (Lipinski definition) is 4. The zero-order valence-corrected chi connectivity index (χ0v) is 20.0. The summed E-state index contributed by atoms with van der Waals surface area (Å²) in [5.74, 6) is 1.07. The van der Waals surface area contributed by atoms with Gasteiger partial charge in [0.2, 0.25) is 0 Å². The molecule has 2 aliphatic rings. The fourth-order valence-corrected chi connectivity index (χ4v) is 4.84. The predicted molar refractivity (Wildman–Crippen MR) is 133 cm³/mol. The Kier molecular flexibility index (Phi) is 6.24. The van der Waals surface area contributed by atoms with Crippen LogP contribution in [0.25, 0.3) is 11.0 Å². The van der Waals surface area contributed by atoms with Gasteiger partial charge in [-0.3, -0.25) is 9.69 Å². The topological polar surface area (TPSA) is 73.7 Å². The van der Waals surface area contributed by atoms with E-state index in [4.69, 9.17) is 4.98 Å². The number of imidazole rings is 1. The second-order valence-corrected chi connectivity index (χ2v) is 9.30. The second kappa shape index (κ2) is 9.46. The lowest BCUT2D eigenvalue weighted by Gasteiger charge is -2.34. The molecule has 0 unspecified atom stereocenters. The molecule has 3 aromatic rings.